The first-order valence-corrected chi connectivity index (χ1v) is 10.4. The topological polar surface area (TPSA) is 52.2 Å². The first-order valence-electron chi connectivity index (χ1n) is 10.4. The zero-order valence-electron chi connectivity index (χ0n) is 16.8. The van der Waals surface area contributed by atoms with Crippen LogP contribution >= 0.6 is 0 Å². The Bertz CT molecular complexity index is 1200. The van der Waals surface area contributed by atoms with Crippen LogP contribution in [0.3, 0.4) is 0 Å². The van der Waals surface area contributed by atoms with Crippen molar-refractivity contribution >= 4 is 33.8 Å². The second kappa shape index (κ2) is 8.13. The van der Waals surface area contributed by atoms with Gasteiger partial charge in [0.15, 0.2) is 0 Å². The molecule has 5 heteroatoms. The number of pyridine rings is 1. The zero-order chi connectivity index (χ0) is 20.3. The van der Waals surface area contributed by atoms with Crippen molar-refractivity contribution in [3.8, 4) is 0 Å². The Morgan fingerprint density at radius 2 is 1.70 bits per heavy atom. The van der Waals surface area contributed by atoms with Crippen molar-refractivity contribution in [2.45, 2.75) is 6.54 Å². The number of benzene rings is 2. The number of fused-ring (bicyclic) bond motifs is 3. The fourth-order valence-corrected chi connectivity index (χ4v) is 4.09. The molecule has 2 aromatic heterocycles. The molecule has 4 aromatic rings. The number of H-pyrrole nitrogens is 1. The fraction of sp³-hybridized carbons (Fsp3) is 0.200. The first-order chi connectivity index (χ1) is 14.8. The molecule has 0 bridgehead atoms. The van der Waals surface area contributed by atoms with Crippen molar-refractivity contribution in [3.05, 3.63) is 84.2 Å². The Labute approximate surface area is 175 Å². The third-order valence-corrected chi connectivity index (χ3v) is 5.74. The summed E-state index contributed by atoms with van der Waals surface area (Å²) in [6.45, 7) is 4.24. The van der Waals surface area contributed by atoms with Gasteiger partial charge in [0.05, 0.1) is 17.4 Å². The van der Waals surface area contributed by atoms with E-state index in [1.165, 1.54) is 10.9 Å². The molecule has 1 amide bonds. The molecule has 1 fully saturated rings. The molecule has 1 aliphatic rings. The molecule has 3 heterocycles. The molecule has 2 aromatic carbocycles. The molecule has 0 spiro atoms. The van der Waals surface area contributed by atoms with E-state index in [2.05, 4.69) is 51.3 Å². The minimum absolute atomic E-state index is 0.0511. The summed E-state index contributed by atoms with van der Waals surface area (Å²) in [5.41, 5.74) is 4.22. The zero-order valence-corrected chi connectivity index (χ0v) is 16.8. The van der Waals surface area contributed by atoms with E-state index < -0.39 is 0 Å². The molecule has 0 radical (unpaired) electrons. The second-order valence-corrected chi connectivity index (χ2v) is 7.75. The Balaban J connectivity index is 1.23. The third kappa shape index (κ3) is 3.84. The number of carbonyl (C=O) groups excluding carboxylic acids is 1. The summed E-state index contributed by atoms with van der Waals surface area (Å²) in [6, 6.07) is 20.7. The standard InChI is InChI=1S/C25H24N4O/c30-25(29-14-12-28(13-15-29)18-19-6-2-1-3-7-19)11-10-20-16-22-21-8-4-5-9-23(21)27-24(22)17-26-20/h1-11,16-17,27H,12-15,18H2/b11-10+. The van der Waals surface area contributed by atoms with E-state index in [9.17, 15) is 4.79 Å². The highest BCUT2D eigenvalue weighted by atomic mass is 16.2. The maximum Gasteiger partial charge on any atom is 0.246 e. The predicted molar refractivity (Wildman–Crippen MR) is 121 cm³/mol. The largest absolute Gasteiger partial charge is 0.353 e. The average molecular weight is 396 g/mol. The number of hydrogen-bond acceptors (Lipinski definition) is 3. The first kappa shape index (κ1) is 18.6. The molecule has 150 valence electrons. The average Bonchev–Trinajstić information content (AvgIpc) is 3.17. The minimum atomic E-state index is 0.0511. The van der Waals surface area contributed by atoms with E-state index in [0.717, 1.165) is 54.8 Å². The van der Waals surface area contributed by atoms with Crippen LogP contribution in [-0.4, -0.2) is 51.9 Å². The van der Waals surface area contributed by atoms with Crippen LogP contribution in [0.5, 0.6) is 0 Å². The number of carbonyl (C=O) groups is 1. The van der Waals surface area contributed by atoms with Gasteiger partial charge in [0.25, 0.3) is 0 Å². The lowest BCUT2D eigenvalue weighted by molar-refractivity contribution is -0.127. The summed E-state index contributed by atoms with van der Waals surface area (Å²) >= 11 is 0. The molecular weight excluding hydrogens is 372 g/mol. The molecule has 1 N–H and O–H groups in total. The molecule has 5 rings (SSSR count). The van der Waals surface area contributed by atoms with Gasteiger partial charge in [-0.1, -0.05) is 48.5 Å². The van der Waals surface area contributed by atoms with Gasteiger partial charge < -0.3 is 9.88 Å². The van der Waals surface area contributed by atoms with Crippen LogP contribution in [0.25, 0.3) is 27.9 Å². The van der Waals surface area contributed by atoms with Crippen molar-refractivity contribution < 1.29 is 4.79 Å². The molecule has 0 unspecified atom stereocenters. The van der Waals surface area contributed by atoms with Gasteiger partial charge in [0.1, 0.15) is 0 Å². The van der Waals surface area contributed by atoms with Crippen LogP contribution in [0.1, 0.15) is 11.3 Å². The summed E-state index contributed by atoms with van der Waals surface area (Å²) in [5, 5.41) is 2.30. The SMILES string of the molecule is O=C(/C=C/c1cc2c(cn1)[nH]c1ccccc12)N1CCN(Cc2ccccc2)CC1. The molecular formula is C25H24N4O. The van der Waals surface area contributed by atoms with E-state index in [4.69, 9.17) is 0 Å². The van der Waals surface area contributed by atoms with E-state index in [-0.39, 0.29) is 5.91 Å². The maximum absolute atomic E-state index is 12.6. The predicted octanol–water partition coefficient (Wildman–Crippen LogP) is 4.07. The Kier molecular flexibility index (Phi) is 5.03. The quantitative estimate of drug-likeness (QED) is 0.529. The Hall–Kier alpha value is -3.44. The van der Waals surface area contributed by atoms with Crippen molar-refractivity contribution in [1.29, 1.82) is 0 Å². The Morgan fingerprint density at radius 1 is 0.933 bits per heavy atom. The molecule has 5 nitrogen and oxygen atoms in total. The highest BCUT2D eigenvalue weighted by Crippen LogP contribution is 2.25. The van der Waals surface area contributed by atoms with Gasteiger partial charge in [0.2, 0.25) is 5.91 Å². The van der Waals surface area contributed by atoms with Crippen molar-refractivity contribution in [2.75, 3.05) is 26.2 Å². The lowest BCUT2D eigenvalue weighted by atomic mass is 10.1. The maximum atomic E-state index is 12.6. The van der Waals surface area contributed by atoms with E-state index in [1.807, 2.05) is 41.4 Å². The van der Waals surface area contributed by atoms with Crippen LogP contribution in [0.2, 0.25) is 0 Å². The molecule has 0 saturated carbocycles. The molecule has 1 aliphatic heterocycles. The van der Waals surface area contributed by atoms with E-state index >= 15 is 0 Å². The molecule has 1 saturated heterocycles. The number of rotatable bonds is 4. The number of hydrogen-bond donors (Lipinski definition) is 1. The number of aromatic nitrogens is 2. The van der Waals surface area contributed by atoms with Gasteiger partial charge in [-0.3, -0.25) is 14.7 Å². The molecule has 30 heavy (non-hydrogen) atoms. The minimum Gasteiger partial charge on any atom is -0.353 e. The normalized spacial score (nSPS) is 15.4. The summed E-state index contributed by atoms with van der Waals surface area (Å²) in [6.07, 6.45) is 5.30. The smallest absolute Gasteiger partial charge is 0.246 e. The second-order valence-electron chi connectivity index (χ2n) is 7.75. The van der Waals surface area contributed by atoms with Crippen LogP contribution < -0.4 is 0 Å². The van der Waals surface area contributed by atoms with Gasteiger partial charge >= 0.3 is 0 Å². The number of aromatic amines is 1. The number of piperazine rings is 1. The van der Waals surface area contributed by atoms with Crippen molar-refractivity contribution in [3.63, 3.8) is 0 Å². The highest BCUT2D eigenvalue weighted by Gasteiger charge is 2.19. The fourth-order valence-electron chi connectivity index (χ4n) is 4.09. The van der Waals surface area contributed by atoms with Gasteiger partial charge in [-0.2, -0.15) is 0 Å². The van der Waals surface area contributed by atoms with Crippen LogP contribution in [0, 0.1) is 0 Å². The number of amides is 1. The summed E-state index contributed by atoms with van der Waals surface area (Å²) in [4.78, 5) is 24.8. The Morgan fingerprint density at radius 3 is 2.53 bits per heavy atom. The van der Waals surface area contributed by atoms with Gasteiger partial charge in [-0.15, -0.1) is 0 Å². The summed E-state index contributed by atoms with van der Waals surface area (Å²) < 4.78 is 0. The number of nitrogens with one attached hydrogen (secondary N) is 1. The lowest BCUT2D eigenvalue weighted by Gasteiger charge is -2.34. The monoisotopic (exact) mass is 396 g/mol. The highest BCUT2D eigenvalue weighted by molar-refractivity contribution is 6.07. The number of nitrogens with zero attached hydrogens (tertiary/aromatic N) is 3. The van der Waals surface area contributed by atoms with Gasteiger partial charge in [-0.05, 0) is 23.8 Å². The van der Waals surface area contributed by atoms with E-state index in [0.29, 0.717) is 0 Å². The van der Waals surface area contributed by atoms with Crippen molar-refractivity contribution in [1.82, 2.24) is 19.8 Å². The van der Waals surface area contributed by atoms with E-state index in [1.54, 1.807) is 6.08 Å². The third-order valence-electron chi connectivity index (χ3n) is 5.74. The van der Waals surface area contributed by atoms with Gasteiger partial charge in [-0.25, -0.2) is 0 Å². The summed E-state index contributed by atoms with van der Waals surface area (Å²) in [5.74, 6) is 0.0511. The molecule has 0 aliphatic carbocycles. The van der Waals surface area contributed by atoms with Gasteiger partial charge in [0, 0.05) is 55.1 Å². The van der Waals surface area contributed by atoms with Crippen LogP contribution in [0.4, 0.5) is 0 Å². The lowest BCUT2D eigenvalue weighted by Crippen LogP contribution is -2.47. The van der Waals surface area contributed by atoms with Crippen LogP contribution in [0.15, 0.2) is 72.9 Å². The number of para-hydroxylation sites is 1. The molecule has 0 atom stereocenters. The van der Waals surface area contributed by atoms with Crippen LogP contribution in [-0.2, 0) is 11.3 Å². The van der Waals surface area contributed by atoms with Crippen molar-refractivity contribution in [2.24, 2.45) is 0 Å². The summed E-state index contributed by atoms with van der Waals surface area (Å²) in [7, 11) is 0.